The lowest BCUT2D eigenvalue weighted by molar-refractivity contribution is -0.148. The zero-order chi connectivity index (χ0) is 20.7. The largest absolute Gasteiger partial charge is 0.478 e. The molecule has 0 radical (unpaired) electrons. The first-order chi connectivity index (χ1) is 13.2. The minimum Gasteiger partial charge on any atom is -0.478 e. The molecule has 1 saturated heterocycles. The van der Waals surface area contributed by atoms with Crippen LogP contribution >= 0.6 is 0 Å². The van der Waals surface area contributed by atoms with Gasteiger partial charge in [0, 0.05) is 19.4 Å². The Morgan fingerprint density at radius 1 is 1.39 bits per heavy atom. The van der Waals surface area contributed by atoms with E-state index in [4.69, 9.17) is 5.11 Å². The molecular weight excluding hydrogens is 368 g/mol. The number of halogens is 2. The maximum atomic E-state index is 13.9. The number of nitrogens with zero attached hydrogens (tertiary/aromatic N) is 1. The molecular formula is C21H23F2NO4. The van der Waals surface area contributed by atoms with Crippen LogP contribution in [0.15, 0.2) is 36.4 Å². The summed E-state index contributed by atoms with van der Waals surface area (Å²) in [6.07, 6.45) is 2.67. The number of hydrogen-bond donors (Lipinski definition) is 2. The first-order valence-electron chi connectivity index (χ1n) is 9.01. The maximum Gasteiger partial charge on any atom is 0.335 e. The first-order valence-corrected chi connectivity index (χ1v) is 9.01. The number of carbonyl (C=O) groups is 2. The number of carboxylic acids is 1. The van der Waals surface area contributed by atoms with Crippen molar-refractivity contribution in [3.63, 3.8) is 0 Å². The van der Waals surface area contributed by atoms with E-state index in [1.807, 2.05) is 0 Å². The minimum absolute atomic E-state index is 0.0766. The fourth-order valence-electron chi connectivity index (χ4n) is 3.02. The molecule has 0 saturated carbocycles. The van der Waals surface area contributed by atoms with Crippen LogP contribution in [0.2, 0.25) is 0 Å². The van der Waals surface area contributed by atoms with Gasteiger partial charge in [-0.05, 0) is 37.5 Å². The fourth-order valence-corrected chi connectivity index (χ4v) is 3.02. The van der Waals surface area contributed by atoms with E-state index in [9.17, 15) is 23.5 Å². The number of alkyl halides is 2. The van der Waals surface area contributed by atoms with E-state index in [2.05, 4.69) is 11.8 Å². The molecule has 0 aromatic heterocycles. The third-order valence-electron chi connectivity index (χ3n) is 4.58. The summed E-state index contributed by atoms with van der Waals surface area (Å²) in [6.45, 7) is 1.77. The molecule has 1 aromatic carbocycles. The van der Waals surface area contributed by atoms with Gasteiger partial charge in [-0.2, -0.15) is 8.78 Å². The first kappa shape index (κ1) is 21.6. The average Bonchev–Trinajstić information content (AvgIpc) is 2.87. The molecule has 28 heavy (non-hydrogen) atoms. The number of aliphatic hydroxyl groups excluding tert-OH is 1. The van der Waals surface area contributed by atoms with Gasteiger partial charge >= 0.3 is 11.9 Å². The van der Waals surface area contributed by atoms with Gasteiger partial charge in [0.15, 0.2) is 0 Å². The summed E-state index contributed by atoms with van der Waals surface area (Å²) >= 11 is 0. The zero-order valence-electron chi connectivity index (χ0n) is 15.6. The van der Waals surface area contributed by atoms with Crippen molar-refractivity contribution in [1.82, 2.24) is 4.90 Å². The number of carboxylic acid groups (broad SMARTS) is 1. The van der Waals surface area contributed by atoms with Crippen molar-refractivity contribution in [2.75, 3.05) is 6.54 Å². The van der Waals surface area contributed by atoms with Crippen molar-refractivity contribution in [1.29, 1.82) is 0 Å². The Kier molecular flexibility index (Phi) is 7.30. The van der Waals surface area contributed by atoms with Crippen LogP contribution in [0.1, 0.15) is 42.1 Å². The second-order valence-corrected chi connectivity index (χ2v) is 6.64. The highest BCUT2D eigenvalue weighted by molar-refractivity contribution is 5.87. The van der Waals surface area contributed by atoms with Gasteiger partial charge in [-0.1, -0.05) is 24.3 Å². The highest BCUT2D eigenvalue weighted by atomic mass is 19.3. The summed E-state index contributed by atoms with van der Waals surface area (Å²) < 4.78 is 27.8. The van der Waals surface area contributed by atoms with Crippen LogP contribution in [0.5, 0.6) is 0 Å². The van der Waals surface area contributed by atoms with Crippen molar-refractivity contribution in [2.24, 2.45) is 0 Å². The maximum absolute atomic E-state index is 13.9. The van der Waals surface area contributed by atoms with E-state index in [1.54, 1.807) is 19.1 Å². The predicted molar refractivity (Wildman–Crippen MR) is 100 cm³/mol. The summed E-state index contributed by atoms with van der Waals surface area (Å²) in [7, 11) is 0. The van der Waals surface area contributed by atoms with Gasteiger partial charge in [-0.3, -0.25) is 4.79 Å². The van der Waals surface area contributed by atoms with Gasteiger partial charge in [0.2, 0.25) is 0 Å². The summed E-state index contributed by atoms with van der Waals surface area (Å²) in [6, 6.07) is 5.28. The summed E-state index contributed by atoms with van der Waals surface area (Å²) in [5, 5.41) is 18.8. The van der Waals surface area contributed by atoms with Gasteiger partial charge in [0.25, 0.3) is 5.91 Å². The van der Waals surface area contributed by atoms with E-state index in [1.165, 1.54) is 24.3 Å². The van der Waals surface area contributed by atoms with E-state index >= 15 is 0 Å². The molecule has 2 rings (SSSR count). The van der Waals surface area contributed by atoms with Crippen molar-refractivity contribution < 1.29 is 28.6 Å². The molecule has 0 bridgehead atoms. The Labute approximate surface area is 162 Å². The molecule has 1 unspecified atom stereocenters. The van der Waals surface area contributed by atoms with Crippen LogP contribution in [0.25, 0.3) is 0 Å². The average molecular weight is 391 g/mol. The number of carbonyl (C=O) groups excluding carboxylic acids is 1. The monoisotopic (exact) mass is 391 g/mol. The van der Waals surface area contributed by atoms with Crippen LogP contribution < -0.4 is 0 Å². The molecule has 7 heteroatoms. The summed E-state index contributed by atoms with van der Waals surface area (Å²) in [5.74, 6) is -0.166. The number of aromatic carboxylic acids is 1. The standard InChI is InChI=1S/C21H23F2NO4/c1-2-3-4-5-18(25)11-10-17-14-21(22,23)20(28)24(17)13-12-15-6-8-16(9-7-15)19(26)27/h6-11,17-18,25H,4-5,12-14H2,1H3,(H,26,27)/b11-10+/t17?,18-/m0/s1. The van der Waals surface area contributed by atoms with Crippen LogP contribution in [-0.2, 0) is 11.2 Å². The third-order valence-corrected chi connectivity index (χ3v) is 4.58. The Morgan fingerprint density at radius 3 is 2.68 bits per heavy atom. The third kappa shape index (κ3) is 5.64. The Balaban J connectivity index is 2.02. The minimum atomic E-state index is -3.43. The lowest BCUT2D eigenvalue weighted by Gasteiger charge is -2.22. The number of rotatable bonds is 8. The van der Waals surface area contributed by atoms with Gasteiger partial charge in [0.05, 0.1) is 17.7 Å². The summed E-state index contributed by atoms with van der Waals surface area (Å²) in [5.41, 5.74) is 0.879. The summed E-state index contributed by atoms with van der Waals surface area (Å²) in [4.78, 5) is 24.0. The normalized spacial score (nSPS) is 19.5. The van der Waals surface area contributed by atoms with Crippen LogP contribution in [0.4, 0.5) is 8.78 Å². The van der Waals surface area contributed by atoms with Crippen molar-refractivity contribution in [3.8, 4) is 11.8 Å². The van der Waals surface area contributed by atoms with Gasteiger partial charge in [-0.15, -0.1) is 11.8 Å². The second kappa shape index (κ2) is 9.47. The molecule has 2 atom stereocenters. The smallest absolute Gasteiger partial charge is 0.335 e. The van der Waals surface area contributed by atoms with Crippen LogP contribution in [0.3, 0.4) is 0 Å². The molecule has 0 aliphatic carbocycles. The molecule has 150 valence electrons. The molecule has 1 fully saturated rings. The number of benzene rings is 1. The Morgan fingerprint density at radius 2 is 2.07 bits per heavy atom. The van der Waals surface area contributed by atoms with Gasteiger partial charge in [0.1, 0.15) is 0 Å². The Bertz CT molecular complexity index is 793. The SMILES string of the molecule is CC#CCC[C@H](O)/C=C/C1CC(F)(F)C(=O)N1CCc1ccc(C(=O)O)cc1. The molecule has 1 aliphatic rings. The zero-order valence-corrected chi connectivity index (χ0v) is 15.6. The second-order valence-electron chi connectivity index (χ2n) is 6.64. The topological polar surface area (TPSA) is 77.8 Å². The molecule has 1 aliphatic heterocycles. The van der Waals surface area contributed by atoms with Crippen LogP contribution in [-0.4, -0.2) is 51.6 Å². The number of likely N-dealkylation sites (tertiary alicyclic amines) is 1. The number of aliphatic hydroxyl groups is 1. The number of hydrogen-bond acceptors (Lipinski definition) is 3. The predicted octanol–water partition coefficient (Wildman–Crippen LogP) is 2.88. The number of amides is 1. The van der Waals surface area contributed by atoms with Gasteiger partial charge < -0.3 is 15.1 Å². The van der Waals surface area contributed by atoms with Crippen molar-refractivity contribution in [2.45, 2.75) is 50.7 Å². The van der Waals surface area contributed by atoms with Crippen molar-refractivity contribution in [3.05, 3.63) is 47.5 Å². The van der Waals surface area contributed by atoms with E-state index < -0.39 is 36.4 Å². The molecule has 1 aromatic rings. The van der Waals surface area contributed by atoms with E-state index in [0.717, 1.165) is 10.5 Å². The van der Waals surface area contributed by atoms with Gasteiger partial charge in [-0.25, -0.2) is 4.79 Å². The van der Waals surface area contributed by atoms with E-state index in [-0.39, 0.29) is 12.1 Å². The molecule has 2 N–H and O–H groups in total. The lowest BCUT2D eigenvalue weighted by Crippen LogP contribution is -2.37. The quantitative estimate of drug-likeness (QED) is 0.528. The Hall–Kier alpha value is -2.72. The van der Waals surface area contributed by atoms with E-state index in [0.29, 0.717) is 19.3 Å². The molecule has 0 spiro atoms. The highest BCUT2D eigenvalue weighted by Gasteiger charge is 2.52. The van der Waals surface area contributed by atoms with Crippen LogP contribution in [0, 0.1) is 11.8 Å². The highest BCUT2D eigenvalue weighted by Crippen LogP contribution is 2.34. The molecule has 1 amide bonds. The fraction of sp³-hybridized carbons (Fsp3) is 0.429. The molecule has 1 heterocycles. The lowest BCUT2D eigenvalue weighted by atomic mass is 10.1. The molecule has 5 nitrogen and oxygen atoms in total. The van der Waals surface area contributed by atoms with Crippen molar-refractivity contribution >= 4 is 11.9 Å².